The number of amides is 1. The van der Waals surface area contributed by atoms with E-state index in [-0.39, 0.29) is 12.5 Å². The van der Waals surface area contributed by atoms with Gasteiger partial charge in [0.15, 0.2) is 6.29 Å². The highest BCUT2D eigenvalue weighted by Crippen LogP contribution is 2.23. The summed E-state index contributed by atoms with van der Waals surface area (Å²) in [5, 5.41) is 54.8. The third kappa shape index (κ3) is 41.9. The number of nitrogens with one attached hydrogen (secondary N) is 1. The van der Waals surface area contributed by atoms with Gasteiger partial charge in [0, 0.05) is 6.42 Å². The van der Waals surface area contributed by atoms with Gasteiger partial charge < -0.3 is 40.3 Å². The van der Waals surface area contributed by atoms with Gasteiger partial charge >= 0.3 is 0 Å². The molecule has 9 nitrogen and oxygen atoms in total. The molecule has 0 aromatic heterocycles. The second-order valence-electron chi connectivity index (χ2n) is 22.2. The van der Waals surface area contributed by atoms with Gasteiger partial charge in [0.1, 0.15) is 24.4 Å². The second kappa shape index (κ2) is 53.1. The minimum Gasteiger partial charge on any atom is -0.394 e. The van der Waals surface area contributed by atoms with Crippen LogP contribution in [0, 0.1) is 0 Å². The molecule has 0 aliphatic carbocycles. The van der Waals surface area contributed by atoms with Crippen LogP contribution in [0.3, 0.4) is 0 Å². The Labute approximate surface area is 445 Å². The molecule has 1 saturated heterocycles. The fourth-order valence-electron chi connectivity index (χ4n) is 10.3. The average molecular weight is 1020 g/mol. The van der Waals surface area contributed by atoms with E-state index in [0.717, 1.165) is 44.9 Å². The lowest BCUT2D eigenvalue weighted by Crippen LogP contribution is -2.60. The highest BCUT2D eigenvalue weighted by Gasteiger charge is 2.44. The molecule has 426 valence electrons. The predicted molar refractivity (Wildman–Crippen MR) is 304 cm³/mol. The smallest absolute Gasteiger partial charge is 0.220 e. The van der Waals surface area contributed by atoms with E-state index in [1.165, 1.54) is 244 Å². The molecule has 9 heteroatoms. The highest BCUT2D eigenvalue weighted by atomic mass is 16.7. The number of hydrogen-bond acceptors (Lipinski definition) is 8. The molecule has 6 N–H and O–H groups in total. The van der Waals surface area contributed by atoms with E-state index in [2.05, 4.69) is 43.5 Å². The minimum atomic E-state index is -1.55. The van der Waals surface area contributed by atoms with Crippen LogP contribution >= 0.6 is 0 Å². The molecule has 7 unspecified atom stereocenters. The number of hydrogen-bond donors (Lipinski definition) is 6. The fourth-order valence-corrected chi connectivity index (χ4v) is 10.3. The quantitative estimate of drug-likeness (QED) is 0.0261. The van der Waals surface area contributed by atoms with Crippen molar-refractivity contribution in [2.75, 3.05) is 13.2 Å². The number of carbonyl (C=O) groups excluding carboxylic acids is 1. The van der Waals surface area contributed by atoms with Gasteiger partial charge in [-0.05, 0) is 44.9 Å². The molecule has 0 aromatic carbocycles. The Balaban J connectivity index is 2.13. The Bertz CT molecular complexity index is 1180. The molecule has 1 rings (SSSR count). The van der Waals surface area contributed by atoms with Crippen molar-refractivity contribution in [1.82, 2.24) is 5.32 Å². The molecule has 0 bridgehead atoms. The summed E-state index contributed by atoms with van der Waals surface area (Å²) in [5.74, 6) is -0.139. The van der Waals surface area contributed by atoms with Gasteiger partial charge in [-0.3, -0.25) is 4.79 Å². The van der Waals surface area contributed by atoms with Crippen LogP contribution in [0.2, 0.25) is 0 Å². The molecule has 1 aliphatic heterocycles. The standard InChI is InChI=1S/C63H121NO8/c1-3-5-7-9-11-13-15-17-19-21-23-24-25-26-27-28-29-30-31-32-33-34-35-37-39-41-43-45-47-49-51-53-59(67)64-56(55-71-63-62(70)61(69)60(68)58(54-65)72-63)57(66)52-50-48-46-44-42-40-38-36-22-20-18-16-14-12-10-8-6-4-2/h23-24,26-27,56-58,60-63,65-66,68-70H,3-22,25,28-55H2,1-2H3,(H,64,67)/b24-23-,27-26-. The summed E-state index contributed by atoms with van der Waals surface area (Å²) in [4.78, 5) is 13.1. The van der Waals surface area contributed by atoms with Crippen molar-refractivity contribution in [3.8, 4) is 0 Å². The number of ether oxygens (including phenoxy) is 2. The number of rotatable bonds is 55. The largest absolute Gasteiger partial charge is 0.394 e. The van der Waals surface area contributed by atoms with Crippen molar-refractivity contribution in [3.63, 3.8) is 0 Å². The molecule has 1 heterocycles. The monoisotopic (exact) mass is 1020 g/mol. The number of allylic oxidation sites excluding steroid dienone is 4. The maximum Gasteiger partial charge on any atom is 0.220 e. The molecule has 0 saturated carbocycles. The summed E-state index contributed by atoms with van der Waals surface area (Å²) in [7, 11) is 0. The maximum atomic E-state index is 13.1. The van der Waals surface area contributed by atoms with Gasteiger partial charge in [-0.15, -0.1) is 0 Å². The van der Waals surface area contributed by atoms with E-state index in [0.29, 0.717) is 12.8 Å². The normalized spacial score (nSPS) is 19.2. The molecular formula is C63H121NO8. The van der Waals surface area contributed by atoms with Crippen molar-refractivity contribution < 1.29 is 39.8 Å². The number of aliphatic hydroxyl groups is 5. The maximum absolute atomic E-state index is 13.1. The zero-order valence-corrected chi connectivity index (χ0v) is 47.5. The van der Waals surface area contributed by atoms with Crippen LogP contribution in [0.5, 0.6) is 0 Å². The first-order chi connectivity index (χ1) is 35.3. The molecular weight excluding hydrogens is 899 g/mol. The molecule has 0 spiro atoms. The van der Waals surface area contributed by atoms with E-state index in [1.807, 2.05) is 0 Å². The van der Waals surface area contributed by atoms with Gasteiger partial charge in [-0.2, -0.15) is 0 Å². The Morgan fingerprint density at radius 1 is 0.472 bits per heavy atom. The summed E-state index contributed by atoms with van der Waals surface area (Å²) >= 11 is 0. The summed E-state index contributed by atoms with van der Waals surface area (Å²) in [6.45, 7) is 3.88. The SMILES string of the molecule is CCCCCCCCCCC/C=C\C/C=C\CCCCCCCCCCCCCCCCCC(=O)NC(COC1OC(CO)C(O)C(O)C1O)C(O)CCCCCCCCCCCCCCCCCCCC. The van der Waals surface area contributed by atoms with Crippen LogP contribution in [-0.4, -0.2) is 87.5 Å². The Hall–Kier alpha value is -1.33. The predicted octanol–water partition coefficient (Wildman–Crippen LogP) is 16.1. The summed E-state index contributed by atoms with van der Waals surface area (Å²) < 4.78 is 11.3. The fraction of sp³-hybridized carbons (Fsp3) is 0.921. The van der Waals surface area contributed by atoms with Gasteiger partial charge in [-0.1, -0.05) is 289 Å². The van der Waals surface area contributed by atoms with E-state index in [1.54, 1.807) is 0 Å². The van der Waals surface area contributed by atoms with Crippen LogP contribution in [0.1, 0.15) is 316 Å². The van der Waals surface area contributed by atoms with Crippen LogP contribution in [0.4, 0.5) is 0 Å². The number of carbonyl (C=O) groups is 1. The summed E-state index contributed by atoms with van der Waals surface area (Å²) in [6, 6.07) is -0.718. The first-order valence-corrected chi connectivity index (χ1v) is 31.5. The topological polar surface area (TPSA) is 149 Å². The summed E-state index contributed by atoms with van der Waals surface area (Å²) in [5.41, 5.74) is 0. The highest BCUT2D eigenvalue weighted by molar-refractivity contribution is 5.76. The lowest BCUT2D eigenvalue weighted by atomic mass is 9.99. The third-order valence-corrected chi connectivity index (χ3v) is 15.3. The zero-order valence-electron chi connectivity index (χ0n) is 47.5. The molecule has 1 aliphatic rings. The van der Waals surface area contributed by atoms with E-state index in [9.17, 15) is 30.3 Å². The van der Waals surface area contributed by atoms with Crippen molar-refractivity contribution in [1.29, 1.82) is 0 Å². The lowest BCUT2D eigenvalue weighted by molar-refractivity contribution is -0.302. The Morgan fingerprint density at radius 3 is 1.19 bits per heavy atom. The molecule has 0 aromatic rings. The molecule has 72 heavy (non-hydrogen) atoms. The van der Waals surface area contributed by atoms with Crippen LogP contribution < -0.4 is 5.32 Å². The molecule has 0 radical (unpaired) electrons. The minimum absolute atomic E-state index is 0.134. The summed E-state index contributed by atoms with van der Waals surface area (Å²) in [6.07, 6.45) is 60.8. The van der Waals surface area contributed by atoms with Gasteiger partial charge in [-0.25, -0.2) is 0 Å². The van der Waals surface area contributed by atoms with Crippen LogP contribution in [0.15, 0.2) is 24.3 Å². The van der Waals surface area contributed by atoms with Crippen molar-refractivity contribution in [2.24, 2.45) is 0 Å². The van der Waals surface area contributed by atoms with E-state index in [4.69, 9.17) is 9.47 Å². The first kappa shape index (κ1) is 68.7. The van der Waals surface area contributed by atoms with Gasteiger partial charge in [0.25, 0.3) is 0 Å². The lowest BCUT2D eigenvalue weighted by Gasteiger charge is -2.40. The van der Waals surface area contributed by atoms with Gasteiger partial charge in [0.05, 0.1) is 25.4 Å². The number of aliphatic hydroxyl groups excluding tert-OH is 5. The number of unbranched alkanes of at least 4 members (excludes halogenated alkanes) is 41. The zero-order chi connectivity index (χ0) is 52.2. The first-order valence-electron chi connectivity index (χ1n) is 31.5. The van der Waals surface area contributed by atoms with Crippen molar-refractivity contribution in [3.05, 3.63) is 24.3 Å². The Morgan fingerprint density at radius 2 is 0.819 bits per heavy atom. The van der Waals surface area contributed by atoms with E-state index >= 15 is 0 Å². The average Bonchev–Trinajstić information content (AvgIpc) is 3.38. The third-order valence-electron chi connectivity index (χ3n) is 15.3. The van der Waals surface area contributed by atoms with Crippen LogP contribution in [-0.2, 0) is 14.3 Å². The molecule has 1 amide bonds. The van der Waals surface area contributed by atoms with Gasteiger partial charge in [0.2, 0.25) is 5.91 Å². The van der Waals surface area contributed by atoms with E-state index < -0.39 is 49.5 Å². The van der Waals surface area contributed by atoms with Crippen molar-refractivity contribution in [2.45, 2.75) is 358 Å². The van der Waals surface area contributed by atoms with Crippen molar-refractivity contribution >= 4 is 5.91 Å². The van der Waals surface area contributed by atoms with Crippen LogP contribution in [0.25, 0.3) is 0 Å². The molecule has 1 fully saturated rings. The Kier molecular flexibility index (Phi) is 50.6. The molecule has 7 atom stereocenters. The second-order valence-corrected chi connectivity index (χ2v) is 22.2.